The standard InChI is InChI=1S/C11H11NO3/c1-3-14-8-4-5-9-10(6-8)15-11(12-9)7(2)13/h4-6H,3H2,1-2H3. The summed E-state index contributed by atoms with van der Waals surface area (Å²) in [5, 5.41) is 0. The molecule has 0 fully saturated rings. The average molecular weight is 205 g/mol. The number of carbonyl (C=O) groups is 1. The van der Waals surface area contributed by atoms with Gasteiger partial charge < -0.3 is 9.15 Å². The number of oxazole rings is 1. The fourth-order valence-electron chi connectivity index (χ4n) is 1.31. The Balaban J connectivity index is 2.47. The molecular formula is C11H11NO3. The normalized spacial score (nSPS) is 10.5. The molecule has 15 heavy (non-hydrogen) atoms. The van der Waals surface area contributed by atoms with Crippen molar-refractivity contribution in [2.45, 2.75) is 13.8 Å². The van der Waals surface area contributed by atoms with Gasteiger partial charge in [0.05, 0.1) is 6.61 Å². The zero-order valence-corrected chi connectivity index (χ0v) is 8.61. The van der Waals surface area contributed by atoms with E-state index in [1.165, 1.54) is 6.92 Å². The molecule has 0 saturated carbocycles. The Bertz CT molecular complexity index is 502. The molecule has 4 heteroatoms. The molecule has 1 aromatic heterocycles. The van der Waals surface area contributed by atoms with Crippen LogP contribution in [0.1, 0.15) is 24.5 Å². The van der Waals surface area contributed by atoms with Crippen LogP contribution in [-0.2, 0) is 0 Å². The maximum absolute atomic E-state index is 11.0. The van der Waals surface area contributed by atoms with Crippen LogP contribution >= 0.6 is 0 Å². The summed E-state index contributed by atoms with van der Waals surface area (Å²) < 4.78 is 10.6. The molecule has 0 saturated heterocycles. The second-order valence-corrected chi connectivity index (χ2v) is 3.14. The minimum atomic E-state index is -0.177. The number of ketones is 1. The number of carbonyl (C=O) groups excluding carboxylic acids is 1. The van der Waals surface area contributed by atoms with Crippen molar-refractivity contribution < 1.29 is 13.9 Å². The van der Waals surface area contributed by atoms with Crippen LogP contribution < -0.4 is 4.74 Å². The van der Waals surface area contributed by atoms with E-state index in [4.69, 9.17) is 9.15 Å². The van der Waals surface area contributed by atoms with Crippen molar-refractivity contribution in [1.82, 2.24) is 4.98 Å². The summed E-state index contributed by atoms with van der Waals surface area (Å²) in [5.41, 5.74) is 1.25. The smallest absolute Gasteiger partial charge is 0.263 e. The third-order valence-electron chi connectivity index (χ3n) is 1.97. The van der Waals surface area contributed by atoms with Gasteiger partial charge in [0.25, 0.3) is 5.89 Å². The molecule has 4 nitrogen and oxygen atoms in total. The van der Waals surface area contributed by atoms with Gasteiger partial charge in [-0.1, -0.05) is 0 Å². The van der Waals surface area contributed by atoms with Crippen LogP contribution in [0, 0.1) is 0 Å². The first-order valence-corrected chi connectivity index (χ1v) is 4.75. The highest BCUT2D eigenvalue weighted by molar-refractivity contribution is 5.92. The number of aromatic nitrogens is 1. The Morgan fingerprint density at radius 1 is 1.53 bits per heavy atom. The first-order valence-electron chi connectivity index (χ1n) is 4.75. The van der Waals surface area contributed by atoms with Crippen LogP contribution in [0.5, 0.6) is 5.75 Å². The fourth-order valence-corrected chi connectivity index (χ4v) is 1.31. The molecule has 0 aliphatic heterocycles. The second kappa shape index (κ2) is 3.73. The molecule has 0 bridgehead atoms. The number of ether oxygens (including phenoxy) is 1. The Kier molecular flexibility index (Phi) is 2.41. The van der Waals surface area contributed by atoms with Crippen LogP contribution in [-0.4, -0.2) is 17.4 Å². The highest BCUT2D eigenvalue weighted by Gasteiger charge is 2.10. The minimum Gasteiger partial charge on any atom is -0.494 e. The summed E-state index contributed by atoms with van der Waals surface area (Å²) >= 11 is 0. The van der Waals surface area contributed by atoms with E-state index in [-0.39, 0.29) is 11.7 Å². The molecule has 0 radical (unpaired) electrons. The first-order chi connectivity index (χ1) is 7.20. The second-order valence-electron chi connectivity index (χ2n) is 3.14. The molecule has 0 aliphatic rings. The lowest BCUT2D eigenvalue weighted by Gasteiger charge is -2.00. The molecule has 0 N–H and O–H groups in total. The molecule has 1 aromatic carbocycles. The Hall–Kier alpha value is -1.84. The average Bonchev–Trinajstić information content (AvgIpc) is 2.61. The molecule has 1 heterocycles. The number of nitrogens with zero attached hydrogens (tertiary/aromatic N) is 1. The molecule has 2 rings (SSSR count). The van der Waals surface area contributed by atoms with Crippen LogP contribution in [0.15, 0.2) is 22.6 Å². The number of rotatable bonds is 3. The van der Waals surface area contributed by atoms with E-state index in [0.717, 1.165) is 5.75 Å². The fraction of sp³-hybridized carbons (Fsp3) is 0.273. The van der Waals surface area contributed by atoms with Gasteiger partial charge in [-0.15, -0.1) is 0 Å². The molecule has 78 valence electrons. The summed E-state index contributed by atoms with van der Waals surface area (Å²) in [6, 6.07) is 5.31. The summed E-state index contributed by atoms with van der Waals surface area (Å²) in [7, 11) is 0. The third kappa shape index (κ3) is 1.83. The topological polar surface area (TPSA) is 52.3 Å². The van der Waals surface area contributed by atoms with E-state index in [0.29, 0.717) is 17.7 Å². The van der Waals surface area contributed by atoms with Crippen molar-refractivity contribution in [3.63, 3.8) is 0 Å². The van der Waals surface area contributed by atoms with Gasteiger partial charge in [0, 0.05) is 13.0 Å². The van der Waals surface area contributed by atoms with Gasteiger partial charge in [-0.2, -0.15) is 0 Å². The lowest BCUT2D eigenvalue weighted by atomic mass is 10.3. The van der Waals surface area contributed by atoms with Crippen LogP contribution in [0.2, 0.25) is 0 Å². The molecule has 0 atom stereocenters. The summed E-state index contributed by atoms with van der Waals surface area (Å²) in [6.45, 7) is 3.93. The summed E-state index contributed by atoms with van der Waals surface area (Å²) in [4.78, 5) is 15.1. The monoisotopic (exact) mass is 205 g/mol. The quantitative estimate of drug-likeness (QED) is 0.722. The van der Waals surface area contributed by atoms with Crippen LogP contribution in [0.25, 0.3) is 11.1 Å². The zero-order chi connectivity index (χ0) is 10.8. The lowest BCUT2D eigenvalue weighted by molar-refractivity contribution is 0.0983. The maximum Gasteiger partial charge on any atom is 0.263 e. The molecule has 0 unspecified atom stereocenters. The highest BCUT2D eigenvalue weighted by atomic mass is 16.5. The molecular weight excluding hydrogens is 194 g/mol. The largest absolute Gasteiger partial charge is 0.494 e. The summed E-state index contributed by atoms with van der Waals surface area (Å²) in [6.07, 6.45) is 0. The van der Waals surface area contributed by atoms with Crippen molar-refractivity contribution >= 4 is 16.9 Å². The number of hydrogen-bond acceptors (Lipinski definition) is 4. The van der Waals surface area contributed by atoms with E-state index < -0.39 is 0 Å². The Labute approximate surface area is 86.9 Å². The van der Waals surface area contributed by atoms with E-state index >= 15 is 0 Å². The Morgan fingerprint density at radius 2 is 2.33 bits per heavy atom. The van der Waals surface area contributed by atoms with Crippen molar-refractivity contribution in [3.8, 4) is 5.75 Å². The molecule has 0 spiro atoms. The van der Waals surface area contributed by atoms with E-state index in [1.807, 2.05) is 6.92 Å². The van der Waals surface area contributed by atoms with Crippen LogP contribution in [0.4, 0.5) is 0 Å². The highest BCUT2D eigenvalue weighted by Crippen LogP contribution is 2.21. The number of hydrogen-bond donors (Lipinski definition) is 0. The van der Waals surface area contributed by atoms with Gasteiger partial charge in [0.2, 0.25) is 5.78 Å². The van der Waals surface area contributed by atoms with Gasteiger partial charge in [-0.3, -0.25) is 4.79 Å². The van der Waals surface area contributed by atoms with Crippen molar-refractivity contribution in [1.29, 1.82) is 0 Å². The van der Waals surface area contributed by atoms with E-state index in [1.54, 1.807) is 18.2 Å². The predicted molar refractivity (Wildman–Crippen MR) is 55.2 cm³/mol. The number of fused-ring (bicyclic) bond motifs is 1. The maximum atomic E-state index is 11.0. The van der Waals surface area contributed by atoms with E-state index in [2.05, 4.69) is 4.98 Å². The van der Waals surface area contributed by atoms with Crippen molar-refractivity contribution in [2.75, 3.05) is 6.61 Å². The zero-order valence-electron chi connectivity index (χ0n) is 8.61. The van der Waals surface area contributed by atoms with Gasteiger partial charge >= 0.3 is 0 Å². The van der Waals surface area contributed by atoms with Gasteiger partial charge in [-0.25, -0.2) is 4.98 Å². The third-order valence-corrected chi connectivity index (χ3v) is 1.97. The number of Topliss-reactive ketones (excluding diaryl/α,β-unsaturated/α-hetero) is 1. The minimum absolute atomic E-state index is 0.138. The molecule has 0 amide bonds. The van der Waals surface area contributed by atoms with E-state index in [9.17, 15) is 4.79 Å². The predicted octanol–water partition coefficient (Wildman–Crippen LogP) is 2.43. The number of benzene rings is 1. The Morgan fingerprint density at radius 3 is 3.00 bits per heavy atom. The van der Waals surface area contributed by atoms with Crippen molar-refractivity contribution in [2.24, 2.45) is 0 Å². The SMILES string of the molecule is CCOc1ccc2nc(C(C)=O)oc2c1. The van der Waals surface area contributed by atoms with Gasteiger partial charge in [-0.05, 0) is 19.1 Å². The summed E-state index contributed by atoms with van der Waals surface area (Å²) in [5.74, 6) is 0.680. The van der Waals surface area contributed by atoms with Gasteiger partial charge in [0.15, 0.2) is 5.58 Å². The first kappa shape index (κ1) is 9.71. The van der Waals surface area contributed by atoms with Gasteiger partial charge in [0.1, 0.15) is 11.3 Å². The molecule has 2 aromatic rings. The van der Waals surface area contributed by atoms with Crippen molar-refractivity contribution in [3.05, 3.63) is 24.1 Å². The molecule has 0 aliphatic carbocycles. The van der Waals surface area contributed by atoms with Crippen LogP contribution in [0.3, 0.4) is 0 Å². The lowest BCUT2D eigenvalue weighted by Crippen LogP contribution is -1.90.